The van der Waals surface area contributed by atoms with Crippen LogP contribution in [0.15, 0.2) is 40.9 Å². The van der Waals surface area contributed by atoms with Crippen LogP contribution in [0.5, 0.6) is 0 Å². The van der Waals surface area contributed by atoms with Crippen molar-refractivity contribution < 1.29 is 24.0 Å². The Morgan fingerprint density at radius 1 is 1.21 bits per heavy atom. The highest BCUT2D eigenvalue weighted by molar-refractivity contribution is 7.19. The van der Waals surface area contributed by atoms with Crippen molar-refractivity contribution in [3.63, 3.8) is 0 Å². The number of nitrogens with zero attached hydrogens (tertiary/aromatic N) is 5. The second kappa shape index (κ2) is 12.9. The number of aromatic carboxylic acids is 1. The standard InChI is InChI=1S/C21H17ClN4O5S.C8H18N2/c1-30-12-9-25(10-12)20(27)13-3-2-4-14-18(13)23-19(21(28)29)26(14)8-11-7-15(31-24-11)16-5-6-17(22)32-16;1-7(2)10-5-3-8(9)4-6-10/h2-7,12H,8-10H2,1H3,(H,28,29);7-8H,3-6,9H2,1-2H3. The number of carbonyl (C=O) groups excluding carboxylic acids is 1. The molecule has 3 N–H and O–H groups in total. The molecule has 42 heavy (non-hydrogen) atoms. The van der Waals surface area contributed by atoms with E-state index in [0.29, 0.717) is 57.6 Å². The highest BCUT2D eigenvalue weighted by Crippen LogP contribution is 2.32. The van der Waals surface area contributed by atoms with E-state index in [2.05, 4.69) is 28.9 Å². The van der Waals surface area contributed by atoms with E-state index in [1.807, 2.05) is 6.07 Å². The zero-order chi connectivity index (χ0) is 30.0. The molecule has 0 radical (unpaired) electrons. The quantitative estimate of drug-likeness (QED) is 0.309. The number of halogens is 1. The number of carbonyl (C=O) groups is 2. The highest BCUT2D eigenvalue weighted by atomic mass is 35.5. The van der Waals surface area contributed by atoms with Gasteiger partial charge in [-0.15, -0.1) is 11.3 Å². The molecule has 2 saturated heterocycles. The number of aromatic nitrogens is 3. The Morgan fingerprint density at radius 2 is 1.95 bits per heavy atom. The van der Waals surface area contributed by atoms with E-state index in [4.69, 9.17) is 26.6 Å². The number of piperidine rings is 1. The van der Waals surface area contributed by atoms with Crippen molar-refractivity contribution in [3.8, 4) is 10.6 Å². The number of hydrogen-bond donors (Lipinski definition) is 2. The highest BCUT2D eigenvalue weighted by Gasteiger charge is 2.33. The van der Waals surface area contributed by atoms with E-state index in [9.17, 15) is 14.7 Å². The lowest BCUT2D eigenvalue weighted by molar-refractivity contribution is -0.0191. The van der Waals surface area contributed by atoms with Crippen molar-refractivity contribution >= 4 is 45.8 Å². The molecule has 1 aromatic carbocycles. The Kier molecular flexibility index (Phi) is 9.28. The third kappa shape index (κ3) is 6.52. The monoisotopic (exact) mass is 614 g/mol. The van der Waals surface area contributed by atoms with Crippen LogP contribution in [-0.2, 0) is 11.3 Å². The van der Waals surface area contributed by atoms with Gasteiger partial charge in [0.15, 0.2) is 5.76 Å². The van der Waals surface area contributed by atoms with Gasteiger partial charge >= 0.3 is 5.97 Å². The summed E-state index contributed by atoms with van der Waals surface area (Å²) in [7, 11) is 1.61. The summed E-state index contributed by atoms with van der Waals surface area (Å²) in [6.45, 7) is 7.98. The Bertz CT molecular complexity index is 1550. The van der Waals surface area contributed by atoms with Gasteiger partial charge in [-0.25, -0.2) is 9.78 Å². The number of rotatable bonds is 7. The summed E-state index contributed by atoms with van der Waals surface area (Å²) in [5, 5.41) is 13.8. The van der Waals surface area contributed by atoms with Crippen LogP contribution in [0.4, 0.5) is 0 Å². The number of amides is 1. The molecule has 0 atom stereocenters. The van der Waals surface area contributed by atoms with Crippen LogP contribution in [0.2, 0.25) is 4.34 Å². The maximum absolute atomic E-state index is 13.0. The summed E-state index contributed by atoms with van der Waals surface area (Å²) in [6, 6.07) is 11.6. The zero-order valence-electron chi connectivity index (χ0n) is 23.8. The summed E-state index contributed by atoms with van der Waals surface area (Å²) >= 11 is 7.34. The van der Waals surface area contributed by atoms with Crippen LogP contribution in [0, 0.1) is 0 Å². The zero-order valence-corrected chi connectivity index (χ0v) is 25.4. The van der Waals surface area contributed by atoms with Crippen LogP contribution in [0.1, 0.15) is 53.4 Å². The molecular formula is C29H35ClN6O5S. The Labute approximate surface area is 252 Å². The number of methoxy groups -OCH3 is 1. The van der Waals surface area contributed by atoms with Crippen molar-refractivity contribution in [1.82, 2.24) is 24.5 Å². The van der Waals surface area contributed by atoms with Gasteiger partial charge in [-0.1, -0.05) is 22.8 Å². The minimum atomic E-state index is -1.20. The molecule has 1 amide bonds. The lowest BCUT2D eigenvalue weighted by Gasteiger charge is -2.38. The van der Waals surface area contributed by atoms with E-state index >= 15 is 0 Å². The predicted octanol–water partition coefficient (Wildman–Crippen LogP) is 4.44. The van der Waals surface area contributed by atoms with Crippen molar-refractivity contribution in [1.29, 1.82) is 0 Å². The Hall–Kier alpha value is -3.29. The number of hydrogen-bond acceptors (Lipinski definition) is 9. The van der Waals surface area contributed by atoms with Gasteiger partial charge in [0.2, 0.25) is 5.82 Å². The van der Waals surface area contributed by atoms with Crippen molar-refractivity contribution in [2.24, 2.45) is 5.73 Å². The third-order valence-corrected chi connectivity index (χ3v) is 8.91. The van der Waals surface area contributed by atoms with E-state index in [0.717, 1.165) is 4.88 Å². The number of carboxylic acid groups (broad SMARTS) is 1. The molecule has 0 unspecified atom stereocenters. The van der Waals surface area contributed by atoms with Gasteiger partial charge in [0.25, 0.3) is 5.91 Å². The molecule has 3 aromatic heterocycles. The number of likely N-dealkylation sites (tertiary alicyclic amines) is 2. The van der Waals surface area contributed by atoms with Crippen LogP contribution >= 0.6 is 22.9 Å². The number of carboxylic acids is 1. The van der Waals surface area contributed by atoms with Gasteiger partial charge in [0.05, 0.1) is 32.9 Å². The average Bonchev–Trinajstić information content (AvgIpc) is 3.67. The minimum Gasteiger partial charge on any atom is -0.475 e. The second-order valence-electron chi connectivity index (χ2n) is 10.8. The number of fused-ring (bicyclic) bond motifs is 1. The second-order valence-corrected chi connectivity index (χ2v) is 12.5. The third-order valence-electron chi connectivity index (χ3n) is 7.67. The summed E-state index contributed by atoms with van der Waals surface area (Å²) in [5.41, 5.74) is 7.51. The summed E-state index contributed by atoms with van der Waals surface area (Å²) in [5.74, 6) is -1.04. The molecule has 2 aliphatic heterocycles. The molecule has 2 fully saturated rings. The first-order chi connectivity index (χ1) is 20.1. The van der Waals surface area contributed by atoms with Crippen molar-refractivity contribution in [2.75, 3.05) is 33.3 Å². The smallest absolute Gasteiger partial charge is 0.372 e. The summed E-state index contributed by atoms with van der Waals surface area (Å²) in [6.07, 6.45) is 2.38. The first-order valence-corrected chi connectivity index (χ1v) is 15.1. The maximum Gasteiger partial charge on any atom is 0.372 e. The van der Waals surface area contributed by atoms with Gasteiger partial charge in [-0.05, 0) is 64.0 Å². The average molecular weight is 615 g/mol. The number of thiophene rings is 1. The van der Waals surface area contributed by atoms with Gasteiger partial charge in [-0.2, -0.15) is 0 Å². The summed E-state index contributed by atoms with van der Waals surface area (Å²) < 4.78 is 12.8. The molecule has 11 nitrogen and oxygen atoms in total. The van der Waals surface area contributed by atoms with Crippen LogP contribution in [0.3, 0.4) is 0 Å². The summed E-state index contributed by atoms with van der Waals surface area (Å²) in [4.78, 5) is 34.1. The number of benzene rings is 1. The lowest BCUT2D eigenvalue weighted by Crippen LogP contribution is -2.54. The van der Waals surface area contributed by atoms with Crippen molar-refractivity contribution in [3.05, 3.63) is 57.8 Å². The fraction of sp³-hybridized carbons (Fsp3) is 0.448. The number of nitrogens with two attached hydrogens (primary N) is 1. The molecular weight excluding hydrogens is 580 g/mol. The predicted molar refractivity (Wildman–Crippen MR) is 161 cm³/mol. The number of imidazole rings is 1. The van der Waals surface area contributed by atoms with Crippen LogP contribution < -0.4 is 5.73 Å². The molecule has 0 aliphatic carbocycles. The lowest BCUT2D eigenvalue weighted by atomic mass is 10.1. The van der Waals surface area contributed by atoms with E-state index in [1.54, 1.807) is 42.3 Å². The Balaban J connectivity index is 0.000000300. The number of ether oxygens (including phenoxy) is 1. The van der Waals surface area contributed by atoms with Gasteiger partial charge in [-0.3, -0.25) is 4.79 Å². The molecule has 0 saturated carbocycles. The minimum absolute atomic E-state index is 0.0184. The molecule has 4 aromatic rings. The molecule has 13 heteroatoms. The van der Waals surface area contributed by atoms with Crippen LogP contribution in [-0.4, -0.2) is 93.0 Å². The molecule has 224 valence electrons. The largest absolute Gasteiger partial charge is 0.475 e. The number of para-hydroxylation sites is 1. The molecule has 5 heterocycles. The Morgan fingerprint density at radius 3 is 2.57 bits per heavy atom. The fourth-order valence-corrected chi connectivity index (χ4v) is 6.10. The first kappa shape index (κ1) is 30.2. The van der Waals surface area contributed by atoms with E-state index in [1.165, 1.54) is 41.8 Å². The van der Waals surface area contributed by atoms with E-state index < -0.39 is 5.97 Å². The van der Waals surface area contributed by atoms with Gasteiger partial charge in [0, 0.05) is 38.3 Å². The topological polar surface area (TPSA) is 140 Å². The maximum atomic E-state index is 13.0. The van der Waals surface area contributed by atoms with E-state index in [-0.39, 0.29) is 24.4 Å². The first-order valence-electron chi connectivity index (χ1n) is 13.9. The normalized spacial score (nSPS) is 16.5. The van der Waals surface area contributed by atoms with Gasteiger partial charge in [0.1, 0.15) is 11.2 Å². The SMILES string of the molecule is CC(C)N1CCC(N)CC1.COC1CN(C(=O)c2cccc3c2nc(C(=O)O)n3Cc2cc(-c3ccc(Cl)s3)on2)C1. The molecule has 0 spiro atoms. The fourth-order valence-electron chi connectivity index (χ4n) is 5.11. The van der Waals surface area contributed by atoms with Crippen LogP contribution in [0.25, 0.3) is 21.7 Å². The molecule has 2 aliphatic rings. The van der Waals surface area contributed by atoms with Crippen molar-refractivity contribution in [2.45, 2.75) is 51.4 Å². The molecule has 0 bridgehead atoms. The molecule has 6 rings (SSSR count). The van der Waals surface area contributed by atoms with Gasteiger partial charge < -0.3 is 34.5 Å².